The minimum Gasteiger partial charge on any atom is -0.309 e. The van der Waals surface area contributed by atoms with Crippen LogP contribution in [0.2, 0.25) is 0 Å². The van der Waals surface area contributed by atoms with Crippen molar-refractivity contribution in [3.63, 3.8) is 0 Å². The van der Waals surface area contributed by atoms with Gasteiger partial charge in [0.15, 0.2) is 0 Å². The Morgan fingerprint density at radius 1 is 0.259 bits per heavy atom. The largest absolute Gasteiger partial charge is 0.309 e. The molecule has 4 heteroatoms. The Morgan fingerprint density at radius 3 is 0.901 bits per heavy atom. The molecule has 0 unspecified atom stereocenters. The van der Waals surface area contributed by atoms with Crippen molar-refractivity contribution >= 4 is 43.6 Å². The summed E-state index contributed by atoms with van der Waals surface area (Å²) in [6.45, 7) is 19.4. The predicted octanol–water partition coefficient (Wildman–Crippen LogP) is 20.4. The lowest BCUT2D eigenvalue weighted by Gasteiger charge is -2.20. The van der Waals surface area contributed by atoms with E-state index in [-0.39, 0.29) is 0 Å². The summed E-state index contributed by atoms with van der Waals surface area (Å²) >= 11 is 0. The second kappa shape index (κ2) is 19.7. The van der Waals surface area contributed by atoms with Gasteiger partial charge in [0.2, 0.25) is 0 Å². The molecule has 388 valence electrons. The van der Waals surface area contributed by atoms with Crippen LogP contribution in [0.5, 0.6) is 0 Å². The topological polar surface area (TPSA) is 57.4 Å². The summed E-state index contributed by atoms with van der Waals surface area (Å²) in [4.78, 5) is 0. The molecule has 0 bridgehead atoms. The highest BCUT2D eigenvalue weighted by molar-refractivity contribution is 6.14. The molecule has 2 heterocycles. The molecule has 0 saturated heterocycles. The molecule has 0 aliphatic heterocycles. The van der Waals surface area contributed by atoms with Gasteiger partial charge in [-0.3, -0.25) is 0 Å². The fourth-order valence-corrected chi connectivity index (χ4v) is 12.9. The second-order valence-electron chi connectivity index (χ2n) is 22.6. The molecule has 0 aliphatic rings. The highest BCUT2D eigenvalue weighted by Crippen LogP contribution is 2.46. The number of aryl methyl sites for hydroxylation is 9. The Hall–Kier alpha value is -10.0. The van der Waals surface area contributed by atoms with Crippen molar-refractivity contribution in [1.82, 2.24) is 9.13 Å². The summed E-state index contributed by atoms with van der Waals surface area (Å²) in [5.74, 6) is 0. The number of nitriles is 2. The molecular formula is C77H60N4. The summed E-state index contributed by atoms with van der Waals surface area (Å²) in [7, 11) is 0. The molecule has 0 saturated carbocycles. The first-order chi connectivity index (χ1) is 39.2. The third-order valence-electron chi connectivity index (χ3n) is 16.8. The number of hydrogen-bond acceptors (Lipinski definition) is 2. The highest BCUT2D eigenvalue weighted by Gasteiger charge is 2.24. The van der Waals surface area contributed by atoms with Crippen molar-refractivity contribution in [3.05, 3.63) is 261 Å². The van der Waals surface area contributed by atoms with E-state index in [1.54, 1.807) is 0 Å². The zero-order chi connectivity index (χ0) is 56.0. The van der Waals surface area contributed by atoms with Gasteiger partial charge >= 0.3 is 0 Å². The molecule has 81 heavy (non-hydrogen) atoms. The van der Waals surface area contributed by atoms with Crippen LogP contribution in [-0.2, 0) is 0 Å². The SMILES string of the molecule is Cc1ccc(-c2ccc3c(c2)c2cc(-c4ccc(C)cc4C)ccc2n3-c2cc(C#N)ccc2-c2ccc(-c3ccc(C)cc3C#N)cc2-n2c3ccc(-c4ccc(C)cc4C)cc3c3cc(-c4ccc(C)cc4C)ccc32)c(C)c1. The summed E-state index contributed by atoms with van der Waals surface area (Å²) in [5, 5.41) is 26.0. The minimum absolute atomic E-state index is 0.564. The minimum atomic E-state index is 0.564. The Bertz CT molecular complexity index is 4670. The molecule has 0 spiro atoms. The lowest BCUT2D eigenvalue weighted by Crippen LogP contribution is -2.03. The van der Waals surface area contributed by atoms with Gasteiger partial charge in [0.1, 0.15) is 0 Å². The summed E-state index contributed by atoms with van der Waals surface area (Å²) in [6, 6.07) is 78.4. The third-order valence-corrected chi connectivity index (χ3v) is 16.8. The van der Waals surface area contributed by atoms with E-state index in [1.165, 1.54) is 66.8 Å². The summed E-state index contributed by atoms with van der Waals surface area (Å²) < 4.78 is 4.81. The Balaban J connectivity index is 1.12. The number of rotatable bonds is 8. The van der Waals surface area contributed by atoms with Crippen molar-refractivity contribution in [1.29, 1.82) is 10.5 Å². The van der Waals surface area contributed by atoms with Crippen LogP contribution in [0, 0.1) is 85.0 Å². The van der Waals surface area contributed by atoms with Crippen LogP contribution in [0.3, 0.4) is 0 Å². The number of hydrogen-bond donors (Lipinski definition) is 0. The van der Waals surface area contributed by atoms with Crippen LogP contribution >= 0.6 is 0 Å². The molecule has 13 aromatic rings. The molecule has 0 aliphatic carbocycles. The van der Waals surface area contributed by atoms with E-state index in [2.05, 4.69) is 265 Å². The van der Waals surface area contributed by atoms with Crippen molar-refractivity contribution in [2.24, 2.45) is 0 Å². The van der Waals surface area contributed by atoms with Crippen LogP contribution in [0.1, 0.15) is 61.2 Å². The van der Waals surface area contributed by atoms with E-state index in [0.717, 1.165) is 105 Å². The zero-order valence-electron chi connectivity index (χ0n) is 47.3. The van der Waals surface area contributed by atoms with Gasteiger partial charge < -0.3 is 9.13 Å². The second-order valence-corrected chi connectivity index (χ2v) is 22.6. The lowest BCUT2D eigenvalue weighted by atomic mass is 9.93. The van der Waals surface area contributed by atoms with Crippen LogP contribution in [0.25, 0.3) is 122 Å². The molecule has 11 aromatic carbocycles. The maximum absolute atomic E-state index is 10.8. The first-order valence-corrected chi connectivity index (χ1v) is 27.9. The van der Waals surface area contributed by atoms with Gasteiger partial charge in [-0.1, -0.05) is 150 Å². The molecule has 0 atom stereocenters. The van der Waals surface area contributed by atoms with Gasteiger partial charge in [0, 0.05) is 32.7 Å². The number of nitrogens with zero attached hydrogens (tertiary/aromatic N) is 4. The van der Waals surface area contributed by atoms with Crippen LogP contribution in [0.4, 0.5) is 0 Å². The van der Waals surface area contributed by atoms with Gasteiger partial charge in [0.05, 0.1) is 56.7 Å². The molecule has 0 N–H and O–H groups in total. The van der Waals surface area contributed by atoms with Gasteiger partial charge in [-0.2, -0.15) is 10.5 Å². The zero-order valence-corrected chi connectivity index (χ0v) is 47.3. The maximum atomic E-state index is 10.8. The van der Waals surface area contributed by atoms with Crippen LogP contribution < -0.4 is 0 Å². The molecule has 0 radical (unpaired) electrons. The quantitative estimate of drug-likeness (QED) is 0.152. The monoisotopic (exact) mass is 1040 g/mol. The van der Waals surface area contributed by atoms with Gasteiger partial charge in [-0.25, -0.2) is 0 Å². The van der Waals surface area contributed by atoms with Crippen LogP contribution in [-0.4, -0.2) is 9.13 Å². The van der Waals surface area contributed by atoms with Crippen molar-refractivity contribution < 1.29 is 0 Å². The van der Waals surface area contributed by atoms with Crippen molar-refractivity contribution in [2.45, 2.75) is 62.3 Å². The molecule has 0 amide bonds. The van der Waals surface area contributed by atoms with E-state index < -0.39 is 0 Å². The first-order valence-electron chi connectivity index (χ1n) is 27.9. The Morgan fingerprint density at radius 2 is 0.556 bits per heavy atom. The van der Waals surface area contributed by atoms with E-state index in [4.69, 9.17) is 0 Å². The van der Waals surface area contributed by atoms with E-state index in [0.29, 0.717) is 11.1 Å². The molecule has 2 aromatic heterocycles. The summed E-state index contributed by atoms with van der Waals surface area (Å²) in [6.07, 6.45) is 0. The first kappa shape index (κ1) is 50.5. The maximum Gasteiger partial charge on any atom is 0.0998 e. The fourth-order valence-electron chi connectivity index (χ4n) is 12.9. The molecule has 13 rings (SSSR count). The number of benzene rings is 11. The molecule has 4 nitrogen and oxygen atoms in total. The Labute approximate surface area is 474 Å². The highest BCUT2D eigenvalue weighted by atomic mass is 15.0. The van der Waals surface area contributed by atoms with E-state index in [9.17, 15) is 10.5 Å². The normalized spacial score (nSPS) is 11.5. The van der Waals surface area contributed by atoms with Gasteiger partial charge in [-0.05, 0) is 219 Å². The number of aromatic nitrogens is 2. The van der Waals surface area contributed by atoms with Crippen molar-refractivity contribution in [2.75, 3.05) is 0 Å². The van der Waals surface area contributed by atoms with E-state index in [1.807, 2.05) is 19.1 Å². The van der Waals surface area contributed by atoms with Crippen LogP contribution in [0.15, 0.2) is 200 Å². The fraction of sp³-hybridized carbons (Fsp3) is 0.117. The Kier molecular flexibility index (Phi) is 12.3. The van der Waals surface area contributed by atoms with Gasteiger partial charge in [0.25, 0.3) is 0 Å². The molecule has 0 fully saturated rings. The van der Waals surface area contributed by atoms with Gasteiger partial charge in [-0.15, -0.1) is 0 Å². The third kappa shape index (κ3) is 8.69. The lowest BCUT2D eigenvalue weighted by molar-refractivity contribution is 1.16. The molecular weight excluding hydrogens is 981 g/mol. The average molecular weight is 1040 g/mol. The van der Waals surface area contributed by atoms with Crippen molar-refractivity contribution in [3.8, 4) is 90.3 Å². The van der Waals surface area contributed by atoms with E-state index >= 15 is 0 Å². The standard InChI is InChI=1S/C77H60N4/c1-45-10-21-61(50(6)32-45)55-17-28-72-68(38-55)69-39-56(62-22-11-46(2)33-51(62)7)18-29-73(69)80(72)76-37-54(43-78)15-26-66(76)67-27-16-59(65-25-14-49(5)36-60(65)44-79)42-77(67)81-74-30-19-57(63-23-12-47(3)34-52(63)8)40-70(74)71-41-58(20-31-75(71)81)64-24-13-48(4)35-53(64)9/h10-42H,1-9H3. The summed E-state index contributed by atoms with van der Waals surface area (Å²) in [5.41, 5.74) is 31.3. The number of fused-ring (bicyclic) bond motifs is 6. The smallest absolute Gasteiger partial charge is 0.0998 e. The predicted molar refractivity (Wildman–Crippen MR) is 340 cm³/mol. The average Bonchev–Trinajstić information content (AvgIpc) is 4.03.